The lowest BCUT2D eigenvalue weighted by atomic mass is 9.99. The lowest BCUT2D eigenvalue weighted by molar-refractivity contribution is -0.128. The number of carbonyl (C=O) groups excluding carboxylic acids is 2. The number of pyridine rings is 1. The van der Waals surface area contributed by atoms with Crippen molar-refractivity contribution in [1.29, 1.82) is 0 Å². The number of aromatic amines is 1. The van der Waals surface area contributed by atoms with Gasteiger partial charge in [0.2, 0.25) is 5.91 Å². The number of aromatic nitrogens is 4. The van der Waals surface area contributed by atoms with Gasteiger partial charge >= 0.3 is 0 Å². The molecule has 2 N–H and O–H groups in total. The molecule has 0 aromatic carbocycles. The Kier molecular flexibility index (Phi) is 5.57. The summed E-state index contributed by atoms with van der Waals surface area (Å²) < 4.78 is 5.34. The van der Waals surface area contributed by atoms with Crippen molar-refractivity contribution in [3.8, 4) is 0 Å². The summed E-state index contributed by atoms with van der Waals surface area (Å²) in [5.41, 5.74) is 1.37. The van der Waals surface area contributed by atoms with Gasteiger partial charge in [-0.05, 0) is 45.2 Å². The van der Waals surface area contributed by atoms with E-state index in [4.69, 9.17) is 4.74 Å². The zero-order valence-corrected chi connectivity index (χ0v) is 16.7. The Hall–Kier alpha value is -2.81. The van der Waals surface area contributed by atoms with Crippen LogP contribution in [0.15, 0.2) is 18.3 Å². The van der Waals surface area contributed by atoms with Crippen molar-refractivity contribution in [2.75, 3.05) is 19.8 Å². The van der Waals surface area contributed by atoms with E-state index >= 15 is 0 Å². The first-order chi connectivity index (χ1) is 14.0. The van der Waals surface area contributed by atoms with Crippen LogP contribution >= 0.6 is 0 Å². The highest BCUT2D eigenvalue weighted by atomic mass is 16.5. The van der Waals surface area contributed by atoms with Crippen LogP contribution < -0.4 is 5.32 Å². The monoisotopic (exact) mass is 398 g/mol. The van der Waals surface area contributed by atoms with Crippen molar-refractivity contribution in [2.45, 2.75) is 45.2 Å². The van der Waals surface area contributed by atoms with Crippen molar-refractivity contribution < 1.29 is 14.3 Å². The van der Waals surface area contributed by atoms with Gasteiger partial charge in [0.15, 0.2) is 5.82 Å². The number of nitrogens with zero attached hydrogens (tertiary/aromatic N) is 4. The Morgan fingerprint density at radius 3 is 2.69 bits per heavy atom. The van der Waals surface area contributed by atoms with Crippen LogP contribution in [-0.2, 0) is 9.53 Å². The zero-order valence-electron chi connectivity index (χ0n) is 16.7. The first kappa shape index (κ1) is 19.5. The molecule has 2 saturated heterocycles. The van der Waals surface area contributed by atoms with Gasteiger partial charge in [0.1, 0.15) is 5.82 Å². The molecule has 2 atom stereocenters. The van der Waals surface area contributed by atoms with E-state index in [0.717, 1.165) is 18.5 Å². The molecule has 2 aromatic rings. The fourth-order valence-corrected chi connectivity index (χ4v) is 3.96. The average molecular weight is 398 g/mol. The Balaban J connectivity index is 1.52. The number of carbonyl (C=O) groups is 2. The quantitative estimate of drug-likeness (QED) is 0.803. The number of H-pyrrole nitrogens is 1. The van der Waals surface area contributed by atoms with Gasteiger partial charge in [-0.1, -0.05) is 0 Å². The molecule has 4 heterocycles. The lowest BCUT2D eigenvalue weighted by Gasteiger charge is -2.24. The fourth-order valence-electron chi connectivity index (χ4n) is 3.96. The van der Waals surface area contributed by atoms with Crippen molar-refractivity contribution in [1.82, 2.24) is 30.4 Å². The Bertz CT molecular complexity index is 875. The smallest absolute Gasteiger partial charge is 0.256 e. The number of ether oxygens (including phenoxy) is 1. The van der Waals surface area contributed by atoms with Gasteiger partial charge in [-0.25, -0.2) is 4.98 Å². The first-order valence-corrected chi connectivity index (χ1v) is 10.0. The predicted molar refractivity (Wildman–Crippen MR) is 104 cm³/mol. The van der Waals surface area contributed by atoms with E-state index < -0.39 is 0 Å². The highest BCUT2D eigenvalue weighted by Gasteiger charge is 2.40. The molecule has 0 spiro atoms. The molecule has 154 valence electrons. The van der Waals surface area contributed by atoms with Crippen molar-refractivity contribution >= 4 is 11.8 Å². The topological polar surface area (TPSA) is 113 Å². The first-order valence-electron chi connectivity index (χ1n) is 10.0. The van der Waals surface area contributed by atoms with E-state index in [-0.39, 0.29) is 29.8 Å². The van der Waals surface area contributed by atoms with Crippen molar-refractivity contribution in [3.63, 3.8) is 0 Å². The van der Waals surface area contributed by atoms with E-state index in [1.54, 1.807) is 17.2 Å². The molecule has 9 nitrogen and oxygen atoms in total. The number of hydrogen-bond donors (Lipinski definition) is 2. The van der Waals surface area contributed by atoms with E-state index in [9.17, 15) is 9.59 Å². The molecule has 0 saturated carbocycles. The largest absolute Gasteiger partial charge is 0.381 e. The lowest BCUT2D eigenvalue weighted by Crippen LogP contribution is -2.42. The molecule has 29 heavy (non-hydrogen) atoms. The maximum Gasteiger partial charge on any atom is 0.256 e. The Morgan fingerprint density at radius 2 is 2.03 bits per heavy atom. The third-order valence-corrected chi connectivity index (χ3v) is 5.57. The molecule has 2 fully saturated rings. The minimum absolute atomic E-state index is 0.0287. The van der Waals surface area contributed by atoms with Crippen LogP contribution in [-0.4, -0.2) is 62.7 Å². The van der Waals surface area contributed by atoms with Gasteiger partial charge in [-0.2, -0.15) is 5.10 Å². The van der Waals surface area contributed by atoms with Gasteiger partial charge in [-0.3, -0.25) is 19.7 Å². The molecule has 0 radical (unpaired) electrons. The SMILES string of the molecule is Cc1ccc(C(=O)N2C[C@@H](NC(=O)C3CCOCC3)C[C@H]2c2n[nH]c(C)n2)cn1. The van der Waals surface area contributed by atoms with Gasteiger partial charge in [-0.15, -0.1) is 0 Å². The average Bonchev–Trinajstić information content (AvgIpc) is 3.35. The Labute approximate surface area is 169 Å². The van der Waals surface area contributed by atoms with E-state index in [1.165, 1.54) is 0 Å². The normalized spacial score (nSPS) is 22.6. The van der Waals surface area contributed by atoms with E-state index in [1.807, 2.05) is 19.9 Å². The number of amides is 2. The second-order valence-corrected chi connectivity index (χ2v) is 7.77. The second-order valence-electron chi connectivity index (χ2n) is 7.77. The van der Waals surface area contributed by atoms with Crippen LogP contribution in [0.1, 0.15) is 53.0 Å². The third kappa shape index (κ3) is 4.29. The number of hydrogen-bond acceptors (Lipinski definition) is 6. The summed E-state index contributed by atoms with van der Waals surface area (Å²) >= 11 is 0. The highest BCUT2D eigenvalue weighted by molar-refractivity contribution is 5.94. The number of nitrogens with one attached hydrogen (secondary N) is 2. The maximum absolute atomic E-state index is 13.2. The summed E-state index contributed by atoms with van der Waals surface area (Å²) in [6.45, 7) is 5.36. The number of likely N-dealkylation sites (tertiary alicyclic amines) is 1. The maximum atomic E-state index is 13.2. The number of aryl methyl sites for hydroxylation is 2. The summed E-state index contributed by atoms with van der Waals surface area (Å²) in [5, 5.41) is 10.2. The van der Waals surface area contributed by atoms with E-state index in [0.29, 0.717) is 43.4 Å². The second kappa shape index (κ2) is 8.28. The molecule has 0 aliphatic carbocycles. The molecular weight excluding hydrogens is 372 g/mol. The number of rotatable bonds is 4. The molecular formula is C20H26N6O3. The highest BCUT2D eigenvalue weighted by Crippen LogP contribution is 2.32. The predicted octanol–water partition coefficient (Wildman–Crippen LogP) is 1.32. The Morgan fingerprint density at radius 1 is 1.24 bits per heavy atom. The van der Waals surface area contributed by atoms with Crippen molar-refractivity contribution in [3.05, 3.63) is 41.2 Å². The third-order valence-electron chi connectivity index (χ3n) is 5.57. The minimum atomic E-state index is -0.297. The molecule has 4 rings (SSSR count). The molecule has 9 heteroatoms. The van der Waals surface area contributed by atoms with Crippen LogP contribution in [0.25, 0.3) is 0 Å². The summed E-state index contributed by atoms with van der Waals surface area (Å²) in [6, 6.07) is 3.16. The fraction of sp³-hybridized carbons (Fsp3) is 0.550. The van der Waals surface area contributed by atoms with Crippen LogP contribution in [0.4, 0.5) is 0 Å². The summed E-state index contributed by atoms with van der Waals surface area (Å²) in [4.78, 5) is 36.2. The van der Waals surface area contributed by atoms with Gasteiger partial charge in [0.05, 0.1) is 11.6 Å². The molecule has 0 bridgehead atoms. The molecule has 2 aromatic heterocycles. The van der Waals surface area contributed by atoms with Crippen LogP contribution in [0.5, 0.6) is 0 Å². The molecule has 2 aliphatic heterocycles. The summed E-state index contributed by atoms with van der Waals surface area (Å²) in [7, 11) is 0. The molecule has 2 amide bonds. The van der Waals surface area contributed by atoms with Crippen molar-refractivity contribution in [2.24, 2.45) is 5.92 Å². The van der Waals surface area contributed by atoms with Crippen LogP contribution in [0, 0.1) is 19.8 Å². The molecule has 0 unspecified atom stereocenters. The minimum Gasteiger partial charge on any atom is -0.381 e. The van der Waals surface area contributed by atoms with Gasteiger partial charge in [0, 0.05) is 43.6 Å². The van der Waals surface area contributed by atoms with Gasteiger partial charge in [0.25, 0.3) is 5.91 Å². The van der Waals surface area contributed by atoms with Crippen LogP contribution in [0.2, 0.25) is 0 Å². The zero-order chi connectivity index (χ0) is 20.4. The van der Waals surface area contributed by atoms with E-state index in [2.05, 4.69) is 25.5 Å². The summed E-state index contributed by atoms with van der Waals surface area (Å²) in [5.74, 6) is 1.14. The summed E-state index contributed by atoms with van der Waals surface area (Å²) in [6.07, 6.45) is 3.64. The van der Waals surface area contributed by atoms with Crippen LogP contribution in [0.3, 0.4) is 0 Å². The van der Waals surface area contributed by atoms with Gasteiger partial charge < -0.3 is 15.0 Å². The molecule has 2 aliphatic rings. The standard InChI is InChI=1S/C20H26N6O3/c1-12-3-4-15(10-21-12)20(28)26-11-16(9-17(26)18-22-13(2)24-25-18)23-19(27)14-5-7-29-8-6-14/h3-4,10,14,16-17H,5-9,11H2,1-2H3,(H,23,27)(H,22,24,25)/t16-,17-/m0/s1.